The number of hydrogen-bond donors (Lipinski definition) is 3. The molecule has 6 nitrogen and oxygen atoms in total. The monoisotopic (exact) mass is 760 g/mol. The van der Waals surface area contributed by atoms with Crippen molar-refractivity contribution in [2.75, 3.05) is 13.2 Å². The van der Waals surface area contributed by atoms with Gasteiger partial charge in [-0.1, -0.05) is 179 Å². The molecule has 316 valence electrons. The number of allylic oxidation sites excluding steroid dienone is 6. The first-order valence-electron chi connectivity index (χ1n) is 23.2. The highest BCUT2D eigenvalue weighted by atomic mass is 16.5. The smallest absolute Gasteiger partial charge is 0.305 e. The second-order valence-corrected chi connectivity index (χ2v) is 15.7. The van der Waals surface area contributed by atoms with Crippen molar-refractivity contribution in [3.8, 4) is 0 Å². The molecule has 0 fully saturated rings. The van der Waals surface area contributed by atoms with E-state index in [1.165, 1.54) is 116 Å². The number of aliphatic hydroxyl groups is 2. The Bertz CT molecular complexity index is 884. The third-order valence-electron chi connectivity index (χ3n) is 10.4. The molecule has 0 radical (unpaired) electrons. The molecule has 0 aliphatic rings. The molecule has 6 heteroatoms. The second-order valence-electron chi connectivity index (χ2n) is 15.7. The van der Waals surface area contributed by atoms with Gasteiger partial charge in [-0.25, -0.2) is 0 Å². The van der Waals surface area contributed by atoms with Crippen molar-refractivity contribution in [3.63, 3.8) is 0 Å². The molecule has 0 heterocycles. The predicted octanol–water partition coefficient (Wildman–Crippen LogP) is 13.3. The summed E-state index contributed by atoms with van der Waals surface area (Å²) in [6.45, 7) is 4.83. The third-order valence-corrected chi connectivity index (χ3v) is 10.4. The molecule has 0 aliphatic heterocycles. The van der Waals surface area contributed by atoms with E-state index in [1.807, 2.05) is 0 Å². The van der Waals surface area contributed by atoms with Gasteiger partial charge >= 0.3 is 5.97 Å². The molecule has 0 bridgehead atoms. The Morgan fingerprint density at radius 2 is 0.944 bits per heavy atom. The number of aliphatic hydroxyl groups excluding tert-OH is 2. The van der Waals surface area contributed by atoms with Gasteiger partial charge in [-0.3, -0.25) is 9.59 Å². The number of esters is 1. The summed E-state index contributed by atoms with van der Waals surface area (Å²) in [7, 11) is 0. The number of unbranched alkanes of at least 4 members (excludes halogenated alkanes) is 25. The molecule has 0 rings (SSSR count). The maximum absolute atomic E-state index is 12.4. The summed E-state index contributed by atoms with van der Waals surface area (Å²) < 4.78 is 5.43. The van der Waals surface area contributed by atoms with Crippen molar-refractivity contribution in [1.82, 2.24) is 5.32 Å². The topological polar surface area (TPSA) is 95.9 Å². The van der Waals surface area contributed by atoms with Gasteiger partial charge in [0, 0.05) is 12.8 Å². The van der Waals surface area contributed by atoms with Crippen LogP contribution >= 0.6 is 0 Å². The summed E-state index contributed by atoms with van der Waals surface area (Å²) in [6.07, 6.45) is 51.0. The van der Waals surface area contributed by atoms with Crippen LogP contribution in [0.2, 0.25) is 0 Å². The van der Waals surface area contributed by atoms with Crippen molar-refractivity contribution in [1.29, 1.82) is 0 Å². The Hall–Kier alpha value is -1.92. The third kappa shape index (κ3) is 39.8. The number of carbonyl (C=O) groups is 2. The van der Waals surface area contributed by atoms with E-state index in [4.69, 9.17) is 4.74 Å². The second kappa shape index (κ2) is 43.8. The van der Waals surface area contributed by atoms with Crippen molar-refractivity contribution < 1.29 is 24.5 Å². The quantitative estimate of drug-likeness (QED) is 0.0327. The van der Waals surface area contributed by atoms with Crippen LogP contribution < -0.4 is 5.32 Å². The van der Waals surface area contributed by atoms with Crippen LogP contribution in [0.4, 0.5) is 0 Å². The number of nitrogens with one attached hydrogen (secondary N) is 1. The van der Waals surface area contributed by atoms with Gasteiger partial charge < -0.3 is 20.3 Å². The van der Waals surface area contributed by atoms with E-state index in [-0.39, 0.29) is 18.5 Å². The summed E-state index contributed by atoms with van der Waals surface area (Å²) in [5.41, 5.74) is 0. The molecule has 0 saturated carbocycles. The fraction of sp³-hybridized carbons (Fsp3) is 0.833. The highest BCUT2D eigenvalue weighted by molar-refractivity contribution is 5.76. The standard InChI is InChI=1S/C48H89NO5/c1-3-5-7-9-11-13-15-16-19-22-26-30-34-38-42-48(53)54-43-39-35-31-27-23-20-17-18-21-25-29-33-37-41-47(52)49-45(44-50)46(51)40-36-32-28-24-14-12-10-8-6-4-2/h9,11,15-16,18,21,45-46,50-51H,3-8,10,12-14,17,19-20,22-44H2,1-2H3,(H,49,52)/b11-9-,16-15-,21-18-. The van der Waals surface area contributed by atoms with Crippen LogP contribution in [0, 0.1) is 0 Å². The zero-order valence-corrected chi connectivity index (χ0v) is 35.7. The lowest BCUT2D eigenvalue weighted by molar-refractivity contribution is -0.143. The maximum atomic E-state index is 12.4. The van der Waals surface area contributed by atoms with Crippen molar-refractivity contribution >= 4 is 11.9 Å². The molecular weight excluding hydrogens is 671 g/mol. The lowest BCUT2D eigenvalue weighted by Crippen LogP contribution is -2.45. The number of ether oxygens (including phenoxy) is 1. The average molecular weight is 760 g/mol. The normalized spacial score (nSPS) is 13.0. The Morgan fingerprint density at radius 1 is 0.519 bits per heavy atom. The molecule has 0 aromatic rings. The first-order valence-corrected chi connectivity index (χ1v) is 23.2. The lowest BCUT2D eigenvalue weighted by atomic mass is 10.0. The molecule has 0 saturated heterocycles. The molecule has 3 N–H and O–H groups in total. The van der Waals surface area contributed by atoms with E-state index in [9.17, 15) is 19.8 Å². The van der Waals surface area contributed by atoms with Crippen LogP contribution in [-0.4, -0.2) is 47.4 Å². The Kier molecular flexibility index (Phi) is 42.2. The van der Waals surface area contributed by atoms with E-state index in [1.54, 1.807) is 0 Å². The van der Waals surface area contributed by atoms with Gasteiger partial charge in [-0.05, 0) is 77.0 Å². The Morgan fingerprint density at radius 3 is 1.50 bits per heavy atom. The average Bonchev–Trinajstić information content (AvgIpc) is 3.17. The van der Waals surface area contributed by atoms with Crippen molar-refractivity contribution in [2.24, 2.45) is 0 Å². The number of carbonyl (C=O) groups excluding carboxylic acids is 2. The van der Waals surface area contributed by atoms with Crippen LogP contribution in [0.25, 0.3) is 0 Å². The number of amides is 1. The molecule has 0 aliphatic carbocycles. The summed E-state index contributed by atoms with van der Waals surface area (Å²) >= 11 is 0. The van der Waals surface area contributed by atoms with Gasteiger partial charge in [-0.2, -0.15) is 0 Å². The van der Waals surface area contributed by atoms with Crippen molar-refractivity contribution in [3.05, 3.63) is 36.5 Å². The molecule has 0 aromatic carbocycles. The van der Waals surface area contributed by atoms with E-state index in [0.29, 0.717) is 25.9 Å². The molecule has 0 spiro atoms. The Labute approximate surface area is 334 Å². The SMILES string of the molecule is CCCC/C=C\C/C=C\CCCCCCCC(=O)OCCCCCCCC/C=C\CCCCCC(=O)NC(CO)C(O)CCCCCCCCCCCC. The Balaban J connectivity index is 3.51. The maximum Gasteiger partial charge on any atom is 0.305 e. The van der Waals surface area contributed by atoms with Crippen LogP contribution in [-0.2, 0) is 14.3 Å². The van der Waals surface area contributed by atoms with Gasteiger partial charge in [0.1, 0.15) is 0 Å². The predicted molar refractivity (Wildman–Crippen MR) is 232 cm³/mol. The number of rotatable bonds is 42. The van der Waals surface area contributed by atoms with Gasteiger partial charge in [-0.15, -0.1) is 0 Å². The van der Waals surface area contributed by atoms with Crippen LogP contribution in [0.5, 0.6) is 0 Å². The molecule has 2 atom stereocenters. The summed E-state index contributed by atoms with van der Waals surface area (Å²) in [4.78, 5) is 24.4. The van der Waals surface area contributed by atoms with Crippen molar-refractivity contribution in [2.45, 2.75) is 244 Å². The largest absolute Gasteiger partial charge is 0.466 e. The van der Waals surface area contributed by atoms with E-state index in [2.05, 4.69) is 55.6 Å². The molecular formula is C48H89NO5. The fourth-order valence-corrected chi connectivity index (χ4v) is 6.76. The first-order chi connectivity index (χ1) is 26.5. The molecule has 54 heavy (non-hydrogen) atoms. The highest BCUT2D eigenvalue weighted by Crippen LogP contribution is 2.14. The van der Waals surface area contributed by atoms with Crippen LogP contribution in [0.3, 0.4) is 0 Å². The van der Waals surface area contributed by atoms with E-state index in [0.717, 1.165) is 83.5 Å². The molecule has 0 aromatic heterocycles. The minimum absolute atomic E-state index is 0.0284. The van der Waals surface area contributed by atoms with Gasteiger partial charge in [0.2, 0.25) is 5.91 Å². The lowest BCUT2D eigenvalue weighted by Gasteiger charge is -2.22. The minimum atomic E-state index is -0.680. The zero-order valence-electron chi connectivity index (χ0n) is 35.7. The number of hydrogen-bond acceptors (Lipinski definition) is 5. The van der Waals surface area contributed by atoms with Crippen LogP contribution in [0.15, 0.2) is 36.5 Å². The van der Waals surface area contributed by atoms with Gasteiger partial charge in [0.25, 0.3) is 0 Å². The highest BCUT2D eigenvalue weighted by Gasteiger charge is 2.20. The van der Waals surface area contributed by atoms with E-state index >= 15 is 0 Å². The minimum Gasteiger partial charge on any atom is -0.466 e. The summed E-state index contributed by atoms with van der Waals surface area (Å²) in [5.74, 6) is -0.0975. The first kappa shape index (κ1) is 52.1. The fourth-order valence-electron chi connectivity index (χ4n) is 6.76. The van der Waals surface area contributed by atoms with Crippen LogP contribution in [0.1, 0.15) is 232 Å². The van der Waals surface area contributed by atoms with Gasteiger partial charge in [0.15, 0.2) is 0 Å². The molecule has 2 unspecified atom stereocenters. The van der Waals surface area contributed by atoms with E-state index < -0.39 is 12.1 Å². The molecule has 1 amide bonds. The summed E-state index contributed by atoms with van der Waals surface area (Å²) in [6, 6.07) is -0.560. The van der Waals surface area contributed by atoms with Gasteiger partial charge in [0.05, 0.1) is 25.4 Å². The summed E-state index contributed by atoms with van der Waals surface area (Å²) in [5, 5.41) is 23.0. The zero-order chi connectivity index (χ0) is 39.4.